The first-order chi connectivity index (χ1) is 8.49. The maximum atomic E-state index is 13.7. The van der Waals surface area contributed by atoms with Crippen LogP contribution in [0.3, 0.4) is 0 Å². The summed E-state index contributed by atoms with van der Waals surface area (Å²) < 4.78 is 31.8. The number of likely N-dealkylation sites (N-methyl/N-ethyl adjacent to an activating group) is 1. The number of halogens is 2. The Morgan fingerprint density at radius 1 is 1.44 bits per heavy atom. The van der Waals surface area contributed by atoms with Crippen molar-refractivity contribution >= 4 is 5.97 Å². The maximum absolute atomic E-state index is 13.7. The molecule has 1 atom stereocenters. The third-order valence-electron chi connectivity index (χ3n) is 2.35. The van der Waals surface area contributed by atoms with E-state index in [0.717, 1.165) is 18.2 Å². The van der Waals surface area contributed by atoms with Gasteiger partial charge in [0.2, 0.25) is 0 Å². The second-order valence-corrected chi connectivity index (χ2v) is 3.47. The van der Waals surface area contributed by atoms with E-state index in [-0.39, 0.29) is 11.3 Å². The van der Waals surface area contributed by atoms with E-state index in [9.17, 15) is 13.6 Å². The van der Waals surface area contributed by atoms with Gasteiger partial charge in [0.15, 0.2) is 11.6 Å². The van der Waals surface area contributed by atoms with Crippen molar-refractivity contribution in [3.05, 3.63) is 41.5 Å². The molecule has 0 aliphatic rings. The molecule has 0 radical (unpaired) electrons. The predicted octanol–water partition coefficient (Wildman–Crippen LogP) is 1.87. The van der Waals surface area contributed by atoms with Gasteiger partial charge in [0.1, 0.15) is 5.82 Å². The molecule has 0 spiro atoms. The molecule has 0 amide bonds. The Kier molecular flexibility index (Phi) is 4.79. The van der Waals surface area contributed by atoms with Crippen LogP contribution in [0.1, 0.15) is 11.6 Å². The van der Waals surface area contributed by atoms with Crippen LogP contribution < -0.4 is 10.1 Å². The Balaban J connectivity index is 3.14. The fourth-order valence-corrected chi connectivity index (χ4v) is 1.47. The van der Waals surface area contributed by atoms with E-state index in [1.54, 1.807) is 0 Å². The molecule has 0 aliphatic heterocycles. The molecular weight excluding hydrogens is 244 g/mol. The van der Waals surface area contributed by atoms with E-state index in [4.69, 9.17) is 5.11 Å². The average molecular weight is 257 g/mol. The zero-order valence-corrected chi connectivity index (χ0v) is 9.91. The lowest BCUT2D eigenvalue weighted by atomic mass is 10.1. The molecular formula is C12H13F2NO3. The number of carboxylic acid groups (broad SMARTS) is 1. The predicted molar refractivity (Wildman–Crippen MR) is 61.5 cm³/mol. The largest absolute Gasteiger partial charge is 0.494 e. The van der Waals surface area contributed by atoms with Gasteiger partial charge < -0.3 is 15.2 Å². The van der Waals surface area contributed by atoms with Gasteiger partial charge in [-0.3, -0.25) is 0 Å². The number of benzene rings is 1. The first-order valence-corrected chi connectivity index (χ1v) is 5.11. The second-order valence-electron chi connectivity index (χ2n) is 3.47. The van der Waals surface area contributed by atoms with E-state index < -0.39 is 23.6 Å². The highest BCUT2D eigenvalue weighted by Crippen LogP contribution is 2.25. The summed E-state index contributed by atoms with van der Waals surface area (Å²) in [4.78, 5) is 10.4. The highest BCUT2D eigenvalue weighted by atomic mass is 19.1. The summed E-state index contributed by atoms with van der Waals surface area (Å²) in [6.07, 6.45) is 2.09. The topological polar surface area (TPSA) is 58.6 Å². The molecule has 0 fully saturated rings. The highest BCUT2D eigenvalue weighted by molar-refractivity contribution is 5.79. The number of hydrogen-bond acceptors (Lipinski definition) is 3. The molecule has 6 heteroatoms. The number of carbonyl (C=O) groups is 1. The Bertz CT molecular complexity index is 475. The second kappa shape index (κ2) is 6.11. The quantitative estimate of drug-likeness (QED) is 0.791. The summed E-state index contributed by atoms with van der Waals surface area (Å²) in [6.45, 7) is 0. The lowest BCUT2D eigenvalue weighted by Crippen LogP contribution is -2.16. The van der Waals surface area contributed by atoms with E-state index in [2.05, 4.69) is 10.1 Å². The van der Waals surface area contributed by atoms with Crippen molar-refractivity contribution < 1.29 is 23.4 Å². The Morgan fingerprint density at radius 2 is 2.11 bits per heavy atom. The van der Waals surface area contributed by atoms with Crippen molar-refractivity contribution in [2.45, 2.75) is 6.04 Å². The molecule has 1 aromatic carbocycles. The van der Waals surface area contributed by atoms with Crippen LogP contribution in [0.15, 0.2) is 24.3 Å². The van der Waals surface area contributed by atoms with Crippen molar-refractivity contribution in [2.75, 3.05) is 14.2 Å². The van der Waals surface area contributed by atoms with Crippen LogP contribution in [-0.4, -0.2) is 25.2 Å². The van der Waals surface area contributed by atoms with Crippen molar-refractivity contribution in [1.82, 2.24) is 5.32 Å². The summed E-state index contributed by atoms with van der Waals surface area (Å²) in [5, 5.41) is 11.2. The summed E-state index contributed by atoms with van der Waals surface area (Å²) in [5.41, 5.74) is 0.00769. The molecule has 0 saturated heterocycles. The fourth-order valence-electron chi connectivity index (χ4n) is 1.47. The standard InChI is InChI=1S/C12H13F2NO3/c1-15-10(3-4-12(16)17)7-5-9(14)11(18-2)6-8(7)13/h3-6,10,15H,1-2H3,(H,16,17)/b4-3+. The molecule has 1 rings (SSSR count). The van der Waals surface area contributed by atoms with Crippen LogP contribution in [0.25, 0.3) is 0 Å². The van der Waals surface area contributed by atoms with Crippen molar-refractivity contribution in [3.8, 4) is 5.75 Å². The summed E-state index contributed by atoms with van der Waals surface area (Å²) in [7, 11) is 2.75. The first-order valence-electron chi connectivity index (χ1n) is 5.11. The van der Waals surface area contributed by atoms with Gasteiger partial charge in [-0.1, -0.05) is 6.08 Å². The molecule has 18 heavy (non-hydrogen) atoms. The van der Waals surface area contributed by atoms with Crippen LogP contribution in [0.2, 0.25) is 0 Å². The molecule has 0 aromatic heterocycles. The van der Waals surface area contributed by atoms with Gasteiger partial charge in [0, 0.05) is 17.7 Å². The van der Waals surface area contributed by atoms with E-state index in [0.29, 0.717) is 0 Å². The molecule has 0 heterocycles. The number of hydrogen-bond donors (Lipinski definition) is 2. The fraction of sp³-hybridized carbons (Fsp3) is 0.250. The molecule has 2 N–H and O–H groups in total. The van der Waals surface area contributed by atoms with Gasteiger partial charge in [-0.05, 0) is 13.1 Å². The Morgan fingerprint density at radius 3 is 2.61 bits per heavy atom. The molecule has 0 aliphatic carbocycles. The monoisotopic (exact) mass is 257 g/mol. The van der Waals surface area contributed by atoms with Gasteiger partial charge in [0.25, 0.3) is 0 Å². The van der Waals surface area contributed by atoms with E-state index in [1.807, 2.05) is 0 Å². The van der Waals surface area contributed by atoms with Crippen molar-refractivity contribution in [1.29, 1.82) is 0 Å². The number of rotatable bonds is 5. The van der Waals surface area contributed by atoms with E-state index in [1.165, 1.54) is 20.2 Å². The van der Waals surface area contributed by atoms with Crippen LogP contribution in [0, 0.1) is 11.6 Å². The summed E-state index contributed by atoms with van der Waals surface area (Å²) >= 11 is 0. The Labute approximate surface area is 103 Å². The summed E-state index contributed by atoms with van der Waals surface area (Å²) in [5.74, 6) is -2.75. The van der Waals surface area contributed by atoms with Gasteiger partial charge in [-0.15, -0.1) is 0 Å². The van der Waals surface area contributed by atoms with Crippen LogP contribution in [0.4, 0.5) is 8.78 Å². The summed E-state index contributed by atoms with van der Waals surface area (Å²) in [6, 6.07) is 1.16. The first kappa shape index (κ1) is 14.1. The minimum atomic E-state index is -1.16. The van der Waals surface area contributed by atoms with Crippen molar-refractivity contribution in [2.24, 2.45) is 0 Å². The zero-order chi connectivity index (χ0) is 13.7. The molecule has 4 nitrogen and oxygen atoms in total. The van der Waals surface area contributed by atoms with Gasteiger partial charge >= 0.3 is 5.97 Å². The molecule has 98 valence electrons. The lowest BCUT2D eigenvalue weighted by Gasteiger charge is -2.14. The lowest BCUT2D eigenvalue weighted by molar-refractivity contribution is -0.131. The number of ether oxygens (including phenoxy) is 1. The normalized spacial score (nSPS) is 12.7. The van der Waals surface area contributed by atoms with Gasteiger partial charge in [0.05, 0.1) is 13.2 Å². The highest BCUT2D eigenvalue weighted by Gasteiger charge is 2.16. The number of aliphatic carboxylic acids is 1. The SMILES string of the molecule is CNC(/C=C/C(=O)O)c1cc(F)c(OC)cc1F. The van der Waals surface area contributed by atoms with Gasteiger partial charge in [-0.2, -0.15) is 0 Å². The maximum Gasteiger partial charge on any atom is 0.328 e. The van der Waals surface area contributed by atoms with E-state index >= 15 is 0 Å². The third-order valence-corrected chi connectivity index (χ3v) is 2.35. The average Bonchev–Trinajstić information content (AvgIpc) is 2.33. The minimum absolute atomic E-state index is 0.00769. The molecule has 1 unspecified atom stereocenters. The zero-order valence-electron chi connectivity index (χ0n) is 9.91. The Hall–Kier alpha value is -1.95. The minimum Gasteiger partial charge on any atom is -0.494 e. The number of carboxylic acids is 1. The number of nitrogens with one attached hydrogen (secondary N) is 1. The molecule has 0 saturated carbocycles. The van der Waals surface area contributed by atoms with Crippen LogP contribution >= 0.6 is 0 Å². The van der Waals surface area contributed by atoms with Gasteiger partial charge in [-0.25, -0.2) is 13.6 Å². The van der Waals surface area contributed by atoms with Crippen LogP contribution in [0.5, 0.6) is 5.75 Å². The third kappa shape index (κ3) is 3.27. The van der Waals surface area contributed by atoms with Crippen molar-refractivity contribution in [3.63, 3.8) is 0 Å². The number of methoxy groups -OCH3 is 1. The smallest absolute Gasteiger partial charge is 0.328 e. The van der Waals surface area contributed by atoms with Crippen LogP contribution in [-0.2, 0) is 4.79 Å². The molecule has 1 aromatic rings. The molecule has 0 bridgehead atoms.